The predicted octanol–water partition coefficient (Wildman–Crippen LogP) is 3.64. The highest BCUT2D eigenvalue weighted by molar-refractivity contribution is 5.93. The minimum absolute atomic E-state index is 0.0312. The van der Waals surface area contributed by atoms with Crippen molar-refractivity contribution in [3.63, 3.8) is 0 Å². The topological polar surface area (TPSA) is 87.9 Å². The largest absolute Gasteiger partial charge is 0.497 e. The Labute approximate surface area is 176 Å². The first-order chi connectivity index (χ1) is 14.5. The van der Waals surface area contributed by atoms with Gasteiger partial charge in [0, 0.05) is 37.8 Å². The van der Waals surface area contributed by atoms with Crippen molar-refractivity contribution in [2.24, 2.45) is 0 Å². The van der Waals surface area contributed by atoms with E-state index in [0.29, 0.717) is 30.4 Å². The number of likely N-dealkylation sites (tertiary alicyclic amines) is 2. The van der Waals surface area contributed by atoms with Gasteiger partial charge in [-0.15, -0.1) is 0 Å². The summed E-state index contributed by atoms with van der Waals surface area (Å²) in [6.07, 6.45) is 3.61. The maximum atomic E-state index is 12.7. The minimum Gasteiger partial charge on any atom is -0.497 e. The summed E-state index contributed by atoms with van der Waals surface area (Å²) in [5, 5.41) is 2.92. The molecule has 2 aliphatic heterocycles. The van der Waals surface area contributed by atoms with Crippen molar-refractivity contribution in [2.75, 3.05) is 38.6 Å². The Hall–Kier alpha value is -3.03. The Morgan fingerprint density at radius 2 is 1.73 bits per heavy atom. The molecule has 3 amide bonds. The van der Waals surface area contributed by atoms with Crippen molar-refractivity contribution >= 4 is 17.6 Å². The number of methoxy groups -OCH3 is 1. The van der Waals surface area contributed by atoms with Crippen LogP contribution in [0.1, 0.15) is 53.7 Å². The Kier molecular flexibility index (Phi) is 5.92. The number of rotatable bonds is 4. The van der Waals surface area contributed by atoms with Gasteiger partial charge in [-0.1, -0.05) is 0 Å². The van der Waals surface area contributed by atoms with Gasteiger partial charge in [-0.2, -0.15) is 0 Å². The highest BCUT2D eigenvalue weighted by Crippen LogP contribution is 2.30. The number of ether oxygens (including phenoxy) is 1. The van der Waals surface area contributed by atoms with Crippen LogP contribution in [-0.2, 0) is 0 Å². The summed E-state index contributed by atoms with van der Waals surface area (Å²) < 4.78 is 11.0. The van der Waals surface area contributed by atoms with Crippen molar-refractivity contribution < 1.29 is 18.7 Å². The molecule has 0 atom stereocenters. The van der Waals surface area contributed by atoms with Crippen LogP contribution < -0.4 is 10.1 Å². The van der Waals surface area contributed by atoms with Crippen LogP contribution in [0.15, 0.2) is 28.7 Å². The van der Waals surface area contributed by atoms with Crippen LogP contribution in [0.5, 0.6) is 5.75 Å². The molecular weight excluding hydrogens is 384 g/mol. The van der Waals surface area contributed by atoms with Crippen molar-refractivity contribution in [1.82, 2.24) is 14.8 Å². The molecule has 0 saturated carbocycles. The van der Waals surface area contributed by atoms with Gasteiger partial charge in [0.05, 0.1) is 7.11 Å². The minimum atomic E-state index is -0.118. The first-order valence-electron chi connectivity index (χ1n) is 10.5. The number of amides is 3. The van der Waals surface area contributed by atoms with Crippen LogP contribution in [0.4, 0.5) is 10.5 Å². The zero-order valence-electron chi connectivity index (χ0n) is 17.5. The molecule has 0 unspecified atom stereocenters. The summed E-state index contributed by atoms with van der Waals surface area (Å²) in [6, 6.07) is 7.14. The van der Waals surface area contributed by atoms with Gasteiger partial charge in [-0.3, -0.25) is 4.79 Å². The Bertz CT molecular complexity index is 894. The first kappa shape index (κ1) is 20.3. The summed E-state index contributed by atoms with van der Waals surface area (Å²) >= 11 is 0. The van der Waals surface area contributed by atoms with E-state index < -0.39 is 0 Å². The maximum absolute atomic E-state index is 12.7. The number of carbonyl (C=O) groups excluding carboxylic acids is 2. The number of urea groups is 1. The van der Waals surface area contributed by atoms with E-state index in [4.69, 9.17) is 9.15 Å². The monoisotopic (exact) mass is 412 g/mol. The number of oxazole rings is 1. The molecule has 3 heterocycles. The van der Waals surface area contributed by atoms with Gasteiger partial charge in [-0.05, 0) is 56.9 Å². The number of hydrogen-bond acceptors (Lipinski definition) is 5. The highest BCUT2D eigenvalue weighted by Gasteiger charge is 2.30. The van der Waals surface area contributed by atoms with E-state index in [-0.39, 0.29) is 17.9 Å². The molecular formula is C22H28N4O4. The van der Waals surface area contributed by atoms with E-state index in [1.165, 1.54) is 0 Å². The molecule has 2 aliphatic rings. The quantitative estimate of drug-likeness (QED) is 0.828. The fourth-order valence-electron chi connectivity index (χ4n) is 4.07. The van der Waals surface area contributed by atoms with Gasteiger partial charge in [0.1, 0.15) is 11.5 Å². The van der Waals surface area contributed by atoms with Gasteiger partial charge in [0.25, 0.3) is 5.91 Å². The molecule has 0 spiro atoms. The van der Waals surface area contributed by atoms with Crippen LogP contribution in [0, 0.1) is 6.92 Å². The molecule has 4 rings (SSSR count). The van der Waals surface area contributed by atoms with Crippen LogP contribution in [0.25, 0.3) is 0 Å². The molecule has 2 fully saturated rings. The van der Waals surface area contributed by atoms with E-state index >= 15 is 0 Å². The number of anilines is 1. The van der Waals surface area contributed by atoms with Crippen LogP contribution in [0.2, 0.25) is 0 Å². The second-order valence-electron chi connectivity index (χ2n) is 7.88. The Balaban J connectivity index is 1.33. The SMILES string of the molecule is COc1ccc(NC(=O)N2CCC(c3nc(C(=O)N4CCCC4)c(C)o3)CC2)cc1. The van der Waals surface area contributed by atoms with Crippen molar-refractivity contribution in [3.8, 4) is 5.75 Å². The fourth-order valence-corrected chi connectivity index (χ4v) is 4.07. The lowest BCUT2D eigenvalue weighted by Crippen LogP contribution is -2.40. The second-order valence-corrected chi connectivity index (χ2v) is 7.88. The van der Waals surface area contributed by atoms with Crippen molar-refractivity contribution in [3.05, 3.63) is 41.6 Å². The second kappa shape index (κ2) is 8.77. The first-order valence-corrected chi connectivity index (χ1v) is 10.5. The molecule has 8 heteroatoms. The summed E-state index contributed by atoms with van der Waals surface area (Å²) in [6.45, 7) is 4.62. The van der Waals surface area contributed by atoms with Crippen LogP contribution in [-0.4, -0.2) is 60.0 Å². The fraction of sp³-hybridized carbons (Fsp3) is 0.500. The number of piperidine rings is 1. The number of nitrogens with zero attached hydrogens (tertiary/aromatic N) is 3. The van der Waals surface area contributed by atoms with E-state index in [1.807, 2.05) is 29.2 Å². The predicted molar refractivity (Wildman–Crippen MR) is 112 cm³/mol. The number of benzene rings is 1. The normalized spacial score (nSPS) is 17.3. The number of nitrogens with one attached hydrogen (secondary N) is 1. The van der Waals surface area contributed by atoms with E-state index in [0.717, 1.165) is 50.2 Å². The molecule has 30 heavy (non-hydrogen) atoms. The lowest BCUT2D eigenvalue weighted by atomic mass is 9.97. The van der Waals surface area contributed by atoms with Crippen molar-refractivity contribution in [2.45, 2.75) is 38.5 Å². The van der Waals surface area contributed by atoms with E-state index in [1.54, 1.807) is 18.9 Å². The van der Waals surface area contributed by atoms with Gasteiger partial charge < -0.3 is 24.3 Å². The molecule has 0 radical (unpaired) electrons. The summed E-state index contributed by atoms with van der Waals surface area (Å²) in [4.78, 5) is 33.4. The third-order valence-electron chi connectivity index (χ3n) is 5.88. The smallest absolute Gasteiger partial charge is 0.321 e. The lowest BCUT2D eigenvalue weighted by molar-refractivity contribution is 0.0786. The van der Waals surface area contributed by atoms with Gasteiger partial charge in [0.2, 0.25) is 0 Å². The summed E-state index contributed by atoms with van der Waals surface area (Å²) in [5.41, 5.74) is 1.17. The molecule has 2 aromatic rings. The molecule has 0 aliphatic carbocycles. The van der Waals surface area contributed by atoms with Gasteiger partial charge in [-0.25, -0.2) is 9.78 Å². The zero-order valence-corrected chi connectivity index (χ0v) is 17.5. The lowest BCUT2D eigenvalue weighted by Gasteiger charge is -2.30. The molecule has 0 bridgehead atoms. The highest BCUT2D eigenvalue weighted by atomic mass is 16.5. The molecule has 160 valence electrons. The van der Waals surface area contributed by atoms with Gasteiger partial charge in [0.15, 0.2) is 11.6 Å². The number of aryl methyl sites for hydroxylation is 1. The third-order valence-corrected chi connectivity index (χ3v) is 5.88. The van der Waals surface area contributed by atoms with Gasteiger partial charge >= 0.3 is 6.03 Å². The number of hydrogen-bond donors (Lipinski definition) is 1. The average molecular weight is 412 g/mol. The number of carbonyl (C=O) groups is 2. The third kappa shape index (κ3) is 4.27. The standard InChI is InChI=1S/C22H28N4O4/c1-15-19(21(27)25-11-3-4-12-25)24-20(30-15)16-9-13-26(14-10-16)22(28)23-17-5-7-18(29-2)8-6-17/h5-8,16H,3-4,9-14H2,1-2H3,(H,23,28). The molecule has 2 saturated heterocycles. The van der Waals surface area contributed by atoms with Crippen molar-refractivity contribution in [1.29, 1.82) is 0 Å². The maximum Gasteiger partial charge on any atom is 0.321 e. The summed E-state index contributed by atoms with van der Waals surface area (Å²) in [5.74, 6) is 2.04. The Morgan fingerprint density at radius 1 is 1.07 bits per heavy atom. The zero-order chi connectivity index (χ0) is 21.1. The van der Waals surface area contributed by atoms with Crippen LogP contribution >= 0.6 is 0 Å². The van der Waals surface area contributed by atoms with Crippen LogP contribution in [0.3, 0.4) is 0 Å². The molecule has 1 aromatic carbocycles. The average Bonchev–Trinajstić information content (AvgIpc) is 3.44. The van der Waals surface area contributed by atoms with E-state index in [2.05, 4.69) is 10.3 Å². The van der Waals surface area contributed by atoms with E-state index in [9.17, 15) is 9.59 Å². The number of aromatic nitrogens is 1. The molecule has 1 aromatic heterocycles. The summed E-state index contributed by atoms with van der Waals surface area (Å²) in [7, 11) is 1.61. The Morgan fingerprint density at radius 3 is 2.37 bits per heavy atom. The molecule has 1 N–H and O–H groups in total. The molecule has 8 nitrogen and oxygen atoms in total.